The van der Waals surface area contributed by atoms with Gasteiger partial charge in [0, 0.05) is 50.0 Å². The summed E-state index contributed by atoms with van der Waals surface area (Å²) in [5.74, 6) is 0. The van der Waals surface area contributed by atoms with E-state index in [0.717, 1.165) is 5.52 Å². The summed E-state index contributed by atoms with van der Waals surface area (Å²) in [7, 11) is 0. The Bertz CT molecular complexity index is 2040. The van der Waals surface area contributed by atoms with Crippen molar-refractivity contribution in [2.24, 2.45) is 0 Å². The molecule has 164 valence electrons. The van der Waals surface area contributed by atoms with Gasteiger partial charge in [0.05, 0.1) is 22.1 Å². The van der Waals surface area contributed by atoms with Gasteiger partial charge in [0.1, 0.15) is 0 Å². The summed E-state index contributed by atoms with van der Waals surface area (Å²) in [5, 5.41) is 6.32. The van der Waals surface area contributed by atoms with E-state index < -0.39 is 0 Å². The second kappa shape index (κ2) is 6.87. The standard InChI is InChI=1S/C32H21N3/c1-3-9-21(10-4-1)34-18-17-25-29(34)16-15-24-26-19-27-23-13-7-8-14-30(23)35(22-11-5-2-6-12-22)31(27)20-28(26)33-32(24)25/h1-20,33H. The molecule has 0 aliphatic carbocycles. The van der Waals surface area contributed by atoms with E-state index in [0.29, 0.717) is 0 Å². The lowest BCUT2D eigenvalue weighted by atomic mass is 10.1. The van der Waals surface area contributed by atoms with E-state index in [-0.39, 0.29) is 0 Å². The SMILES string of the molecule is c1ccc(-n2ccc3c4[nH]c5cc6c(cc5c4ccc32)c2ccccc2n6-c2ccccc2)cc1. The van der Waals surface area contributed by atoms with Gasteiger partial charge in [-0.1, -0.05) is 60.7 Å². The van der Waals surface area contributed by atoms with E-state index in [1.807, 2.05) is 0 Å². The first-order valence-electron chi connectivity index (χ1n) is 12.0. The minimum Gasteiger partial charge on any atom is -0.354 e. The third-order valence-electron chi connectivity index (χ3n) is 7.28. The minimum absolute atomic E-state index is 1.16. The molecular formula is C32H21N3. The van der Waals surface area contributed by atoms with Gasteiger partial charge in [-0.25, -0.2) is 0 Å². The molecule has 0 aliphatic heterocycles. The van der Waals surface area contributed by atoms with Crippen LogP contribution in [-0.4, -0.2) is 14.1 Å². The molecule has 0 spiro atoms. The molecule has 0 amide bonds. The molecule has 3 heterocycles. The fraction of sp³-hybridized carbons (Fsp3) is 0. The van der Waals surface area contributed by atoms with Gasteiger partial charge in [-0.3, -0.25) is 0 Å². The number of hydrogen-bond acceptors (Lipinski definition) is 0. The molecule has 0 fully saturated rings. The molecule has 3 nitrogen and oxygen atoms in total. The van der Waals surface area contributed by atoms with Gasteiger partial charge in [-0.15, -0.1) is 0 Å². The fourth-order valence-corrected chi connectivity index (χ4v) is 5.72. The molecule has 3 heteroatoms. The first-order chi connectivity index (χ1) is 17.4. The van der Waals surface area contributed by atoms with Gasteiger partial charge in [-0.05, 0) is 54.6 Å². The molecule has 5 aromatic carbocycles. The smallest absolute Gasteiger partial charge is 0.0562 e. The second-order valence-corrected chi connectivity index (χ2v) is 9.17. The summed E-state index contributed by atoms with van der Waals surface area (Å²) in [4.78, 5) is 3.77. The van der Waals surface area contributed by atoms with Crippen molar-refractivity contribution in [3.63, 3.8) is 0 Å². The molecule has 0 atom stereocenters. The Morgan fingerprint density at radius 1 is 0.457 bits per heavy atom. The predicted molar refractivity (Wildman–Crippen MR) is 147 cm³/mol. The van der Waals surface area contributed by atoms with Gasteiger partial charge >= 0.3 is 0 Å². The van der Waals surface area contributed by atoms with E-state index in [1.54, 1.807) is 0 Å². The van der Waals surface area contributed by atoms with Crippen LogP contribution in [0.25, 0.3) is 65.9 Å². The number of para-hydroxylation sites is 3. The summed E-state index contributed by atoms with van der Waals surface area (Å²) < 4.78 is 4.63. The van der Waals surface area contributed by atoms with Gasteiger partial charge < -0.3 is 14.1 Å². The maximum Gasteiger partial charge on any atom is 0.0562 e. The van der Waals surface area contributed by atoms with Crippen molar-refractivity contribution >= 4 is 54.5 Å². The number of rotatable bonds is 2. The van der Waals surface area contributed by atoms with Gasteiger partial charge in [0.15, 0.2) is 0 Å². The maximum absolute atomic E-state index is 3.77. The largest absolute Gasteiger partial charge is 0.354 e. The number of aromatic amines is 1. The van der Waals surface area contributed by atoms with Crippen molar-refractivity contribution in [1.29, 1.82) is 0 Å². The lowest BCUT2D eigenvalue weighted by molar-refractivity contribution is 1.13. The van der Waals surface area contributed by atoms with Crippen LogP contribution >= 0.6 is 0 Å². The molecule has 0 bridgehead atoms. The lowest BCUT2D eigenvalue weighted by Crippen LogP contribution is -1.92. The Labute approximate surface area is 201 Å². The molecule has 8 aromatic rings. The van der Waals surface area contributed by atoms with Gasteiger partial charge in [-0.2, -0.15) is 0 Å². The first-order valence-corrected chi connectivity index (χ1v) is 12.0. The molecule has 0 radical (unpaired) electrons. The molecular weight excluding hydrogens is 426 g/mol. The minimum atomic E-state index is 1.16. The first kappa shape index (κ1) is 18.6. The van der Waals surface area contributed by atoms with Crippen LogP contribution < -0.4 is 0 Å². The maximum atomic E-state index is 3.77. The van der Waals surface area contributed by atoms with E-state index in [9.17, 15) is 0 Å². The molecule has 0 unspecified atom stereocenters. The third kappa shape index (κ3) is 2.55. The van der Waals surface area contributed by atoms with E-state index >= 15 is 0 Å². The summed E-state index contributed by atoms with van der Waals surface area (Å²) >= 11 is 0. The Hall–Kier alpha value is -4.76. The highest BCUT2D eigenvalue weighted by atomic mass is 15.0. The highest BCUT2D eigenvalue weighted by molar-refractivity contribution is 6.22. The number of nitrogens with zero attached hydrogens (tertiary/aromatic N) is 2. The third-order valence-corrected chi connectivity index (χ3v) is 7.28. The van der Waals surface area contributed by atoms with Crippen LogP contribution in [0.4, 0.5) is 0 Å². The summed E-state index contributed by atoms with van der Waals surface area (Å²) in [5.41, 5.74) is 8.35. The molecule has 1 N–H and O–H groups in total. The molecule has 0 saturated heterocycles. The molecule has 3 aromatic heterocycles. The zero-order valence-corrected chi connectivity index (χ0v) is 18.9. The van der Waals surface area contributed by atoms with Crippen LogP contribution in [0.1, 0.15) is 0 Å². The van der Waals surface area contributed by atoms with E-state index in [4.69, 9.17) is 0 Å². The molecule has 8 rings (SSSR count). The van der Waals surface area contributed by atoms with Crippen LogP contribution in [-0.2, 0) is 0 Å². The highest BCUT2D eigenvalue weighted by Gasteiger charge is 2.16. The highest BCUT2D eigenvalue weighted by Crippen LogP contribution is 2.38. The van der Waals surface area contributed by atoms with E-state index in [1.165, 1.54) is 60.4 Å². The van der Waals surface area contributed by atoms with Crippen molar-refractivity contribution in [2.45, 2.75) is 0 Å². The van der Waals surface area contributed by atoms with Crippen molar-refractivity contribution in [3.05, 3.63) is 121 Å². The normalized spacial score (nSPS) is 12.0. The average Bonchev–Trinajstić information content (AvgIpc) is 3.60. The van der Waals surface area contributed by atoms with Crippen molar-refractivity contribution in [1.82, 2.24) is 14.1 Å². The summed E-state index contributed by atoms with van der Waals surface area (Å²) in [6.45, 7) is 0. The topological polar surface area (TPSA) is 25.6 Å². The number of fused-ring (bicyclic) bond motifs is 8. The van der Waals surface area contributed by atoms with Crippen LogP contribution in [0.15, 0.2) is 121 Å². The zero-order chi connectivity index (χ0) is 22.9. The van der Waals surface area contributed by atoms with Crippen molar-refractivity contribution in [3.8, 4) is 11.4 Å². The Morgan fingerprint density at radius 3 is 2.03 bits per heavy atom. The quantitative estimate of drug-likeness (QED) is 0.275. The molecule has 0 saturated carbocycles. The van der Waals surface area contributed by atoms with Gasteiger partial charge in [0.2, 0.25) is 0 Å². The number of hydrogen-bond donors (Lipinski definition) is 1. The van der Waals surface area contributed by atoms with Crippen LogP contribution in [0.3, 0.4) is 0 Å². The number of nitrogens with one attached hydrogen (secondary N) is 1. The van der Waals surface area contributed by atoms with Crippen LogP contribution in [0, 0.1) is 0 Å². The Balaban J connectivity index is 1.46. The predicted octanol–water partition coefficient (Wildman–Crippen LogP) is 8.36. The van der Waals surface area contributed by atoms with Crippen molar-refractivity contribution < 1.29 is 0 Å². The Morgan fingerprint density at radius 2 is 1.20 bits per heavy atom. The second-order valence-electron chi connectivity index (χ2n) is 9.17. The number of H-pyrrole nitrogens is 1. The summed E-state index contributed by atoms with van der Waals surface area (Å²) in [6.07, 6.45) is 2.16. The van der Waals surface area contributed by atoms with Crippen molar-refractivity contribution in [2.75, 3.05) is 0 Å². The Kier molecular flexibility index (Phi) is 3.66. The van der Waals surface area contributed by atoms with E-state index in [2.05, 4.69) is 136 Å². The van der Waals surface area contributed by atoms with Crippen LogP contribution in [0.5, 0.6) is 0 Å². The molecule has 0 aliphatic rings. The lowest BCUT2D eigenvalue weighted by Gasteiger charge is -2.07. The number of benzene rings is 5. The number of aromatic nitrogens is 3. The average molecular weight is 448 g/mol. The zero-order valence-electron chi connectivity index (χ0n) is 18.9. The monoisotopic (exact) mass is 447 g/mol. The summed E-state index contributed by atoms with van der Waals surface area (Å²) in [6, 6.07) is 41.3. The van der Waals surface area contributed by atoms with Gasteiger partial charge in [0.25, 0.3) is 0 Å². The molecule has 35 heavy (non-hydrogen) atoms. The van der Waals surface area contributed by atoms with Crippen LogP contribution in [0.2, 0.25) is 0 Å². The fourth-order valence-electron chi connectivity index (χ4n) is 5.72.